The van der Waals surface area contributed by atoms with Crippen molar-refractivity contribution in [3.63, 3.8) is 0 Å². The van der Waals surface area contributed by atoms with Crippen molar-refractivity contribution in [3.8, 4) is 0 Å². The average Bonchev–Trinajstić information content (AvgIpc) is 2.98. The quantitative estimate of drug-likeness (QED) is 0.254. The summed E-state index contributed by atoms with van der Waals surface area (Å²) in [5, 5.41) is 4.11. The van der Waals surface area contributed by atoms with E-state index in [9.17, 15) is 18.0 Å². The number of carbonyl (C=O) groups excluding carboxylic acids is 2. The molecule has 0 heterocycles. The Hall–Kier alpha value is -3.07. The summed E-state index contributed by atoms with van der Waals surface area (Å²) in [4.78, 5) is 29.4. The maximum absolute atomic E-state index is 14.2. The molecule has 1 saturated carbocycles. The summed E-state index contributed by atoms with van der Waals surface area (Å²) in [6.45, 7) is 3.28. The maximum Gasteiger partial charge on any atom is 0.264 e. The maximum atomic E-state index is 14.2. The van der Waals surface area contributed by atoms with Crippen LogP contribution in [0.3, 0.4) is 0 Å². The second-order valence-electron chi connectivity index (χ2n) is 10.7. The van der Waals surface area contributed by atoms with Gasteiger partial charge in [0.05, 0.1) is 10.6 Å². The number of hydrogen-bond acceptors (Lipinski definition) is 4. The van der Waals surface area contributed by atoms with Crippen LogP contribution in [0, 0.1) is 6.92 Å². The number of hydrogen-bond donors (Lipinski definition) is 1. The second kappa shape index (κ2) is 14.4. The molecule has 4 rings (SSSR count). The molecule has 1 fully saturated rings. The van der Waals surface area contributed by atoms with E-state index in [1.165, 1.54) is 29.2 Å². The first-order valence-corrected chi connectivity index (χ1v) is 16.5. The smallest absolute Gasteiger partial charge is 0.264 e. The zero-order valence-corrected chi connectivity index (χ0v) is 26.3. The first kappa shape index (κ1) is 31.9. The number of anilines is 1. The van der Waals surface area contributed by atoms with Crippen molar-refractivity contribution in [2.45, 2.75) is 75.9 Å². The Kier molecular flexibility index (Phi) is 10.9. The lowest BCUT2D eigenvalue weighted by Crippen LogP contribution is -2.54. The average molecular weight is 631 g/mol. The van der Waals surface area contributed by atoms with E-state index in [1.807, 2.05) is 13.0 Å². The van der Waals surface area contributed by atoms with Gasteiger partial charge in [-0.25, -0.2) is 8.42 Å². The number of benzene rings is 3. The van der Waals surface area contributed by atoms with E-state index >= 15 is 0 Å². The van der Waals surface area contributed by atoms with Gasteiger partial charge in [0.1, 0.15) is 12.6 Å². The van der Waals surface area contributed by atoms with Gasteiger partial charge in [0, 0.05) is 22.6 Å². The Labute approximate surface area is 258 Å². The Bertz CT molecular complexity index is 1470. The summed E-state index contributed by atoms with van der Waals surface area (Å²) in [5.41, 5.74) is 1.85. The van der Waals surface area contributed by atoms with Crippen LogP contribution in [0.4, 0.5) is 5.69 Å². The van der Waals surface area contributed by atoms with Crippen LogP contribution in [0.25, 0.3) is 0 Å². The highest BCUT2D eigenvalue weighted by molar-refractivity contribution is 7.92. The van der Waals surface area contributed by atoms with E-state index in [0.29, 0.717) is 27.7 Å². The van der Waals surface area contributed by atoms with Crippen molar-refractivity contribution in [1.82, 2.24) is 10.2 Å². The molecular weight excluding hydrogens is 593 g/mol. The number of sulfonamides is 1. The molecule has 0 radical (unpaired) electrons. The lowest BCUT2D eigenvalue weighted by atomic mass is 9.95. The molecule has 1 atom stereocenters. The van der Waals surface area contributed by atoms with Crippen molar-refractivity contribution >= 4 is 50.7 Å². The van der Waals surface area contributed by atoms with E-state index < -0.39 is 28.5 Å². The molecule has 224 valence electrons. The van der Waals surface area contributed by atoms with Gasteiger partial charge >= 0.3 is 0 Å². The van der Waals surface area contributed by atoms with Gasteiger partial charge < -0.3 is 10.2 Å². The van der Waals surface area contributed by atoms with Crippen LogP contribution in [0.2, 0.25) is 10.0 Å². The highest BCUT2D eigenvalue weighted by atomic mass is 35.5. The van der Waals surface area contributed by atoms with Gasteiger partial charge in [-0.05, 0) is 79.8 Å². The zero-order chi connectivity index (χ0) is 30.3. The van der Waals surface area contributed by atoms with Crippen LogP contribution in [-0.4, -0.2) is 43.8 Å². The second-order valence-corrected chi connectivity index (χ2v) is 13.4. The Balaban J connectivity index is 1.71. The molecule has 42 heavy (non-hydrogen) atoms. The molecule has 2 amide bonds. The lowest BCUT2D eigenvalue weighted by Gasteiger charge is -2.34. The number of carbonyl (C=O) groups is 2. The number of halogens is 2. The van der Waals surface area contributed by atoms with Crippen LogP contribution >= 0.6 is 23.2 Å². The fourth-order valence-electron chi connectivity index (χ4n) is 5.34. The molecule has 7 nitrogen and oxygen atoms in total. The highest BCUT2D eigenvalue weighted by Gasteiger charge is 2.34. The van der Waals surface area contributed by atoms with Crippen LogP contribution in [0.15, 0.2) is 77.7 Å². The number of para-hydroxylation sites is 1. The molecule has 0 saturated heterocycles. The third kappa shape index (κ3) is 7.85. The van der Waals surface area contributed by atoms with Crippen LogP contribution < -0.4 is 9.62 Å². The first-order chi connectivity index (χ1) is 20.1. The standard InChI is InChI=1S/C32H37Cl2N3O4S/c1-3-29(32(39)35-27-10-5-4-6-11-27)36(21-24-13-15-25(33)16-14-24)31(38)22-37(30-12-8-7-9-23(30)2)42(40,41)28-19-17-26(34)18-20-28/h7-9,12-20,27,29H,3-6,10-11,21-22H2,1-2H3,(H,35,39)/t29-/m1/s1. The Morgan fingerprint density at radius 1 is 0.905 bits per heavy atom. The first-order valence-electron chi connectivity index (χ1n) is 14.3. The molecule has 1 aliphatic carbocycles. The lowest BCUT2D eigenvalue weighted by molar-refractivity contribution is -0.140. The van der Waals surface area contributed by atoms with Gasteiger partial charge in [-0.3, -0.25) is 13.9 Å². The fraction of sp³-hybridized carbons (Fsp3) is 0.375. The van der Waals surface area contributed by atoms with Crippen molar-refractivity contribution < 1.29 is 18.0 Å². The van der Waals surface area contributed by atoms with E-state index in [0.717, 1.165) is 42.0 Å². The van der Waals surface area contributed by atoms with E-state index in [-0.39, 0.29) is 23.4 Å². The van der Waals surface area contributed by atoms with Gasteiger partial charge in [-0.1, -0.05) is 79.7 Å². The predicted octanol–water partition coefficient (Wildman–Crippen LogP) is 6.75. The van der Waals surface area contributed by atoms with Crippen LogP contribution in [0.5, 0.6) is 0 Å². The summed E-state index contributed by atoms with van der Waals surface area (Å²) >= 11 is 12.1. The zero-order valence-electron chi connectivity index (χ0n) is 23.9. The highest BCUT2D eigenvalue weighted by Crippen LogP contribution is 2.28. The van der Waals surface area contributed by atoms with Crippen molar-refractivity contribution in [3.05, 3.63) is 94.0 Å². The van der Waals surface area contributed by atoms with Crippen molar-refractivity contribution in [2.75, 3.05) is 10.8 Å². The molecule has 3 aromatic carbocycles. The van der Waals surface area contributed by atoms with E-state index in [1.54, 1.807) is 49.4 Å². The predicted molar refractivity (Wildman–Crippen MR) is 168 cm³/mol. The fourth-order valence-corrected chi connectivity index (χ4v) is 7.07. The monoisotopic (exact) mass is 629 g/mol. The number of amides is 2. The summed E-state index contributed by atoms with van der Waals surface area (Å²) in [6, 6.07) is 19.2. The third-order valence-corrected chi connectivity index (χ3v) is 9.95. The minimum atomic E-state index is -4.17. The van der Waals surface area contributed by atoms with Gasteiger partial charge in [0.25, 0.3) is 10.0 Å². The molecule has 0 aromatic heterocycles. The molecule has 1 aliphatic rings. The number of nitrogens with zero attached hydrogens (tertiary/aromatic N) is 2. The Morgan fingerprint density at radius 3 is 2.10 bits per heavy atom. The van der Waals surface area contributed by atoms with E-state index in [4.69, 9.17) is 23.2 Å². The number of rotatable bonds is 11. The molecule has 0 aliphatic heterocycles. The number of aryl methyl sites for hydroxylation is 1. The van der Waals surface area contributed by atoms with Gasteiger partial charge in [-0.15, -0.1) is 0 Å². The van der Waals surface area contributed by atoms with Gasteiger partial charge in [0.15, 0.2) is 0 Å². The summed E-state index contributed by atoms with van der Waals surface area (Å²) < 4.78 is 29.1. The van der Waals surface area contributed by atoms with Crippen LogP contribution in [0.1, 0.15) is 56.6 Å². The third-order valence-electron chi connectivity index (χ3n) is 7.67. The normalized spacial score (nSPS) is 14.7. The van der Waals surface area contributed by atoms with Gasteiger partial charge in [0.2, 0.25) is 11.8 Å². The number of nitrogens with one attached hydrogen (secondary N) is 1. The Morgan fingerprint density at radius 2 is 1.50 bits per heavy atom. The molecule has 0 spiro atoms. The van der Waals surface area contributed by atoms with Crippen molar-refractivity contribution in [2.24, 2.45) is 0 Å². The van der Waals surface area contributed by atoms with Crippen LogP contribution in [-0.2, 0) is 26.2 Å². The summed E-state index contributed by atoms with van der Waals surface area (Å²) in [7, 11) is -4.17. The minimum absolute atomic E-state index is 0.00860. The van der Waals surface area contributed by atoms with Gasteiger partial charge in [-0.2, -0.15) is 0 Å². The molecule has 10 heteroatoms. The SMILES string of the molecule is CC[C@H](C(=O)NC1CCCCC1)N(Cc1ccc(Cl)cc1)C(=O)CN(c1ccccc1C)S(=O)(=O)c1ccc(Cl)cc1. The summed E-state index contributed by atoms with van der Waals surface area (Å²) in [5.74, 6) is -0.717. The molecule has 0 bridgehead atoms. The minimum Gasteiger partial charge on any atom is -0.352 e. The largest absolute Gasteiger partial charge is 0.352 e. The molecule has 3 aromatic rings. The molecule has 1 N–H and O–H groups in total. The van der Waals surface area contributed by atoms with E-state index in [2.05, 4.69) is 5.32 Å². The molecule has 0 unspecified atom stereocenters. The molecular formula is C32H37Cl2N3O4S. The summed E-state index contributed by atoms with van der Waals surface area (Å²) in [6.07, 6.45) is 5.46. The van der Waals surface area contributed by atoms with Crippen molar-refractivity contribution in [1.29, 1.82) is 0 Å². The topological polar surface area (TPSA) is 86.8 Å².